The Labute approximate surface area is 85.5 Å². The van der Waals surface area contributed by atoms with Crippen molar-refractivity contribution in [3.63, 3.8) is 0 Å². The summed E-state index contributed by atoms with van der Waals surface area (Å²) in [5.41, 5.74) is 0.0579. The Morgan fingerprint density at radius 3 is 2.57 bits per heavy atom. The highest BCUT2D eigenvalue weighted by Crippen LogP contribution is 2.54. The van der Waals surface area contributed by atoms with Crippen molar-refractivity contribution in [1.29, 1.82) is 0 Å². The zero-order valence-electron chi connectivity index (χ0n) is 9.41. The lowest BCUT2D eigenvalue weighted by atomic mass is 9.52. The monoisotopic (exact) mass is 200 g/mol. The van der Waals surface area contributed by atoms with E-state index in [1.165, 1.54) is 7.11 Å². The maximum atomic E-state index is 11.1. The molecule has 0 aromatic carbocycles. The van der Waals surface area contributed by atoms with Crippen LogP contribution < -0.4 is 0 Å². The van der Waals surface area contributed by atoms with E-state index in [1.54, 1.807) is 0 Å². The van der Waals surface area contributed by atoms with Gasteiger partial charge in [-0.1, -0.05) is 13.8 Å². The van der Waals surface area contributed by atoms with Gasteiger partial charge in [-0.25, -0.2) is 0 Å². The number of hydrogen-bond acceptors (Lipinski definition) is 3. The van der Waals surface area contributed by atoms with Crippen LogP contribution in [0.25, 0.3) is 0 Å². The van der Waals surface area contributed by atoms with Crippen molar-refractivity contribution in [3.8, 4) is 0 Å². The summed E-state index contributed by atoms with van der Waals surface area (Å²) >= 11 is 0. The van der Waals surface area contributed by atoms with E-state index in [0.29, 0.717) is 18.3 Å². The third-order valence-corrected chi connectivity index (χ3v) is 3.77. The van der Waals surface area contributed by atoms with Crippen LogP contribution in [0.15, 0.2) is 0 Å². The van der Waals surface area contributed by atoms with E-state index in [0.717, 1.165) is 6.42 Å². The molecule has 0 spiro atoms. The summed E-state index contributed by atoms with van der Waals surface area (Å²) in [6.07, 6.45) is 1.13. The third-order valence-electron chi connectivity index (χ3n) is 3.77. The fraction of sp³-hybridized carbons (Fsp3) is 0.909. The Morgan fingerprint density at radius 2 is 2.21 bits per heavy atom. The molecule has 1 saturated carbocycles. The van der Waals surface area contributed by atoms with Crippen LogP contribution in [0.2, 0.25) is 0 Å². The highest BCUT2D eigenvalue weighted by molar-refractivity contribution is 5.69. The number of hydrogen-bond donors (Lipinski definition) is 1. The van der Waals surface area contributed by atoms with Crippen LogP contribution in [0.3, 0.4) is 0 Å². The Kier molecular flexibility index (Phi) is 3.20. The Balaban J connectivity index is 2.50. The van der Waals surface area contributed by atoms with Gasteiger partial charge in [0.1, 0.15) is 0 Å². The Morgan fingerprint density at radius 1 is 1.64 bits per heavy atom. The molecular formula is C11H20O3. The summed E-state index contributed by atoms with van der Waals surface area (Å²) in [4.78, 5) is 11.1. The lowest BCUT2D eigenvalue weighted by molar-refractivity contribution is -0.150. The molecule has 3 nitrogen and oxygen atoms in total. The van der Waals surface area contributed by atoms with Gasteiger partial charge in [0.2, 0.25) is 0 Å². The van der Waals surface area contributed by atoms with E-state index in [9.17, 15) is 9.90 Å². The average molecular weight is 200 g/mol. The number of carbonyl (C=O) groups excluding carboxylic acids is 1. The first-order valence-electron chi connectivity index (χ1n) is 5.14. The van der Waals surface area contributed by atoms with E-state index < -0.39 is 0 Å². The smallest absolute Gasteiger partial charge is 0.305 e. The highest BCUT2D eigenvalue weighted by Gasteiger charge is 2.50. The molecule has 3 atom stereocenters. The number of ether oxygens (including phenoxy) is 1. The van der Waals surface area contributed by atoms with Crippen molar-refractivity contribution in [3.05, 3.63) is 0 Å². The van der Waals surface area contributed by atoms with Crippen molar-refractivity contribution >= 4 is 5.97 Å². The molecule has 0 aromatic heterocycles. The largest absolute Gasteiger partial charge is 0.469 e. The molecule has 0 amide bonds. The SMILES string of the molecule is COC(=O)CC1CC(C(C)O)C1(C)C. The van der Waals surface area contributed by atoms with Gasteiger partial charge in [0.25, 0.3) is 0 Å². The summed E-state index contributed by atoms with van der Waals surface area (Å²) in [5.74, 6) is 0.527. The Bertz CT molecular complexity index is 221. The molecule has 82 valence electrons. The van der Waals surface area contributed by atoms with Crippen LogP contribution in [0.5, 0.6) is 0 Å². The number of esters is 1. The molecule has 0 bridgehead atoms. The standard InChI is InChI=1S/C11H20O3/c1-7(12)9-5-8(11(9,2)3)6-10(13)14-4/h7-9,12H,5-6H2,1-4H3. The molecule has 1 rings (SSSR count). The number of aliphatic hydroxyl groups excluding tert-OH is 1. The first-order valence-corrected chi connectivity index (χ1v) is 5.14. The maximum absolute atomic E-state index is 11.1. The van der Waals surface area contributed by atoms with Crippen molar-refractivity contribution in [2.24, 2.45) is 17.3 Å². The van der Waals surface area contributed by atoms with Crippen LogP contribution in [0.4, 0.5) is 0 Å². The van der Waals surface area contributed by atoms with Crippen LogP contribution in [0, 0.1) is 17.3 Å². The molecule has 0 radical (unpaired) electrons. The normalized spacial score (nSPS) is 31.8. The lowest BCUT2D eigenvalue weighted by Gasteiger charge is -2.53. The molecule has 0 saturated heterocycles. The molecule has 1 aliphatic carbocycles. The van der Waals surface area contributed by atoms with Gasteiger partial charge in [0, 0.05) is 6.42 Å². The number of methoxy groups -OCH3 is 1. The fourth-order valence-corrected chi connectivity index (χ4v) is 2.51. The van der Waals surface area contributed by atoms with Crippen molar-refractivity contribution < 1.29 is 14.6 Å². The van der Waals surface area contributed by atoms with Crippen LogP contribution in [-0.2, 0) is 9.53 Å². The third kappa shape index (κ3) is 1.92. The summed E-state index contributed by atoms with van der Waals surface area (Å²) < 4.78 is 4.64. The fourth-order valence-electron chi connectivity index (χ4n) is 2.51. The second-order valence-electron chi connectivity index (χ2n) is 4.88. The summed E-state index contributed by atoms with van der Waals surface area (Å²) in [5, 5.41) is 9.50. The predicted octanol–water partition coefficient (Wildman–Crippen LogP) is 1.59. The predicted molar refractivity (Wildman–Crippen MR) is 53.7 cm³/mol. The number of aliphatic hydroxyl groups is 1. The molecular weight excluding hydrogens is 180 g/mol. The van der Waals surface area contributed by atoms with E-state index in [1.807, 2.05) is 6.92 Å². The molecule has 1 fully saturated rings. The van der Waals surface area contributed by atoms with Gasteiger partial charge in [-0.2, -0.15) is 0 Å². The molecule has 1 N–H and O–H groups in total. The molecule has 0 heterocycles. The van der Waals surface area contributed by atoms with Gasteiger partial charge in [-0.3, -0.25) is 4.79 Å². The van der Waals surface area contributed by atoms with Crippen molar-refractivity contribution in [2.45, 2.75) is 39.7 Å². The molecule has 0 aliphatic heterocycles. The van der Waals surface area contributed by atoms with E-state index >= 15 is 0 Å². The maximum Gasteiger partial charge on any atom is 0.305 e. The van der Waals surface area contributed by atoms with Crippen molar-refractivity contribution in [2.75, 3.05) is 7.11 Å². The first-order chi connectivity index (χ1) is 6.39. The molecule has 1 aliphatic rings. The average Bonchev–Trinajstić information content (AvgIpc) is 2.10. The number of carbonyl (C=O) groups is 1. The van der Waals surface area contributed by atoms with E-state index in [2.05, 4.69) is 18.6 Å². The van der Waals surface area contributed by atoms with Crippen LogP contribution in [-0.4, -0.2) is 24.3 Å². The minimum Gasteiger partial charge on any atom is -0.469 e. The van der Waals surface area contributed by atoms with Crippen LogP contribution >= 0.6 is 0 Å². The van der Waals surface area contributed by atoms with E-state index in [-0.39, 0.29) is 17.5 Å². The molecule has 0 aromatic rings. The van der Waals surface area contributed by atoms with Crippen molar-refractivity contribution in [1.82, 2.24) is 0 Å². The topological polar surface area (TPSA) is 46.5 Å². The van der Waals surface area contributed by atoms with E-state index in [4.69, 9.17) is 0 Å². The highest BCUT2D eigenvalue weighted by atomic mass is 16.5. The minimum atomic E-state index is -0.279. The quantitative estimate of drug-likeness (QED) is 0.704. The second kappa shape index (κ2) is 3.89. The van der Waals surface area contributed by atoms with Gasteiger partial charge in [0.05, 0.1) is 13.2 Å². The first kappa shape index (κ1) is 11.5. The molecule has 3 unspecified atom stereocenters. The van der Waals surface area contributed by atoms with Crippen LogP contribution in [0.1, 0.15) is 33.6 Å². The molecule has 3 heteroatoms. The zero-order chi connectivity index (χ0) is 10.9. The van der Waals surface area contributed by atoms with Gasteiger partial charge >= 0.3 is 5.97 Å². The van der Waals surface area contributed by atoms with Gasteiger partial charge in [-0.05, 0) is 30.6 Å². The summed E-state index contributed by atoms with van der Waals surface area (Å²) in [6, 6.07) is 0. The molecule has 14 heavy (non-hydrogen) atoms. The summed E-state index contributed by atoms with van der Waals surface area (Å²) in [7, 11) is 1.42. The second-order valence-corrected chi connectivity index (χ2v) is 4.88. The Hall–Kier alpha value is -0.570. The minimum absolute atomic E-state index is 0.0579. The van der Waals surface area contributed by atoms with Gasteiger partial charge < -0.3 is 9.84 Å². The number of rotatable bonds is 3. The zero-order valence-corrected chi connectivity index (χ0v) is 9.41. The van der Waals surface area contributed by atoms with Gasteiger partial charge in [-0.15, -0.1) is 0 Å². The lowest BCUT2D eigenvalue weighted by Crippen LogP contribution is -2.50. The summed E-state index contributed by atoms with van der Waals surface area (Å²) in [6.45, 7) is 6.05. The van der Waals surface area contributed by atoms with Gasteiger partial charge in [0.15, 0.2) is 0 Å².